The first-order valence-electron chi connectivity index (χ1n) is 6.70. The van der Waals surface area contributed by atoms with Gasteiger partial charge in [-0.2, -0.15) is 0 Å². The Hall–Kier alpha value is -2.08. The fraction of sp³-hybridized carbons (Fsp3) is 0.429. The van der Waals surface area contributed by atoms with Crippen LogP contribution in [0.4, 0.5) is 16.2 Å². The highest BCUT2D eigenvalue weighted by Crippen LogP contribution is 2.13. The number of nitrogens with one attached hydrogen (secondary N) is 3. The Morgan fingerprint density at radius 3 is 2.20 bits per heavy atom. The topological polar surface area (TPSA) is 79.5 Å². The van der Waals surface area contributed by atoms with Gasteiger partial charge >= 0.3 is 6.09 Å². The van der Waals surface area contributed by atoms with Gasteiger partial charge in [-0.15, -0.1) is 0 Å². The van der Waals surface area contributed by atoms with Gasteiger partial charge in [0.25, 0.3) is 0 Å². The summed E-state index contributed by atoms with van der Waals surface area (Å²) in [5.74, 6) is -0.0444. The third-order valence-corrected chi connectivity index (χ3v) is 2.47. The molecule has 6 nitrogen and oxygen atoms in total. The molecule has 1 aromatic rings. The highest BCUT2D eigenvalue weighted by Gasteiger charge is 2.04. The van der Waals surface area contributed by atoms with E-state index < -0.39 is 6.09 Å². The van der Waals surface area contributed by atoms with Crippen LogP contribution in [0.5, 0.6) is 0 Å². The third kappa shape index (κ3) is 6.19. The first-order valence-corrected chi connectivity index (χ1v) is 6.70. The minimum absolute atomic E-state index is 0.0444. The first-order chi connectivity index (χ1) is 9.65. The monoisotopic (exact) mass is 279 g/mol. The van der Waals surface area contributed by atoms with E-state index in [9.17, 15) is 9.59 Å². The van der Waals surface area contributed by atoms with E-state index in [4.69, 9.17) is 4.74 Å². The summed E-state index contributed by atoms with van der Waals surface area (Å²) in [6.45, 7) is 5.57. The van der Waals surface area contributed by atoms with Crippen molar-refractivity contribution < 1.29 is 14.3 Å². The maximum atomic E-state index is 11.6. The molecule has 0 spiro atoms. The molecule has 0 fully saturated rings. The number of hydrogen-bond acceptors (Lipinski definition) is 4. The Labute approximate surface area is 118 Å². The summed E-state index contributed by atoms with van der Waals surface area (Å²) in [4.78, 5) is 22.8. The van der Waals surface area contributed by atoms with Gasteiger partial charge in [-0.3, -0.25) is 10.1 Å². The number of rotatable bonds is 7. The van der Waals surface area contributed by atoms with Gasteiger partial charge in [0, 0.05) is 24.3 Å². The molecule has 1 aromatic carbocycles. The summed E-state index contributed by atoms with van der Waals surface area (Å²) in [7, 11) is 0. The molecule has 0 heterocycles. The van der Waals surface area contributed by atoms with Crippen LogP contribution in [-0.2, 0) is 9.53 Å². The van der Waals surface area contributed by atoms with E-state index in [1.54, 1.807) is 31.2 Å². The Morgan fingerprint density at radius 1 is 1.05 bits per heavy atom. The van der Waals surface area contributed by atoms with Crippen LogP contribution in [0.2, 0.25) is 0 Å². The lowest BCUT2D eigenvalue weighted by atomic mass is 10.2. The van der Waals surface area contributed by atoms with Crippen molar-refractivity contribution in [1.82, 2.24) is 5.32 Å². The normalized spacial score (nSPS) is 9.90. The van der Waals surface area contributed by atoms with Crippen molar-refractivity contribution in [2.75, 3.05) is 30.3 Å². The summed E-state index contributed by atoms with van der Waals surface area (Å²) in [5, 5.41) is 8.45. The van der Waals surface area contributed by atoms with Crippen LogP contribution in [0.25, 0.3) is 0 Å². The van der Waals surface area contributed by atoms with Crippen molar-refractivity contribution in [2.24, 2.45) is 0 Å². The second kappa shape index (κ2) is 8.92. The summed E-state index contributed by atoms with van der Waals surface area (Å²) >= 11 is 0. The molecular formula is C14H21N3O3. The number of carbonyl (C=O) groups is 2. The summed E-state index contributed by atoms with van der Waals surface area (Å²) in [5.41, 5.74) is 1.31. The SMILES string of the molecule is CCNCCC(=O)Nc1ccc(NC(=O)OCC)cc1. The molecule has 0 atom stereocenters. The van der Waals surface area contributed by atoms with Gasteiger partial charge in [0.1, 0.15) is 0 Å². The average Bonchev–Trinajstić information content (AvgIpc) is 2.41. The quantitative estimate of drug-likeness (QED) is 0.668. The van der Waals surface area contributed by atoms with Gasteiger partial charge in [-0.25, -0.2) is 4.79 Å². The van der Waals surface area contributed by atoms with E-state index in [-0.39, 0.29) is 5.91 Å². The van der Waals surface area contributed by atoms with Crippen LogP contribution >= 0.6 is 0 Å². The molecule has 0 aliphatic rings. The maximum absolute atomic E-state index is 11.6. The average molecular weight is 279 g/mol. The molecule has 0 unspecified atom stereocenters. The zero-order valence-electron chi connectivity index (χ0n) is 11.9. The Morgan fingerprint density at radius 2 is 1.65 bits per heavy atom. The van der Waals surface area contributed by atoms with Crippen molar-refractivity contribution in [3.63, 3.8) is 0 Å². The van der Waals surface area contributed by atoms with Crippen molar-refractivity contribution in [2.45, 2.75) is 20.3 Å². The van der Waals surface area contributed by atoms with E-state index in [0.29, 0.717) is 30.9 Å². The molecule has 0 saturated heterocycles. The standard InChI is InChI=1S/C14H21N3O3/c1-3-15-10-9-13(18)16-11-5-7-12(8-6-11)17-14(19)20-4-2/h5-8,15H,3-4,9-10H2,1-2H3,(H,16,18)(H,17,19). The van der Waals surface area contributed by atoms with E-state index >= 15 is 0 Å². The van der Waals surface area contributed by atoms with Crippen molar-refractivity contribution in [3.8, 4) is 0 Å². The lowest BCUT2D eigenvalue weighted by molar-refractivity contribution is -0.116. The minimum atomic E-state index is -0.491. The molecule has 2 amide bonds. The van der Waals surface area contributed by atoms with Crippen LogP contribution in [0.1, 0.15) is 20.3 Å². The van der Waals surface area contributed by atoms with Crippen LogP contribution in [0.15, 0.2) is 24.3 Å². The van der Waals surface area contributed by atoms with Crippen LogP contribution in [0, 0.1) is 0 Å². The summed E-state index contributed by atoms with van der Waals surface area (Å²) in [6.07, 6.45) is -0.0636. The third-order valence-electron chi connectivity index (χ3n) is 2.47. The molecule has 0 aliphatic heterocycles. The van der Waals surface area contributed by atoms with Gasteiger partial charge in [0.15, 0.2) is 0 Å². The predicted octanol–water partition coefficient (Wildman–Crippen LogP) is 2.19. The van der Waals surface area contributed by atoms with Gasteiger partial charge < -0.3 is 15.4 Å². The molecule has 0 saturated carbocycles. The van der Waals surface area contributed by atoms with Crippen molar-refractivity contribution in [3.05, 3.63) is 24.3 Å². The van der Waals surface area contributed by atoms with E-state index in [1.807, 2.05) is 6.92 Å². The molecule has 0 radical (unpaired) electrons. The number of hydrogen-bond donors (Lipinski definition) is 3. The molecule has 0 aliphatic carbocycles. The number of carbonyl (C=O) groups excluding carboxylic acids is 2. The van der Waals surface area contributed by atoms with Crippen LogP contribution in [-0.4, -0.2) is 31.7 Å². The van der Waals surface area contributed by atoms with E-state index in [1.165, 1.54) is 0 Å². The molecule has 0 aromatic heterocycles. The van der Waals surface area contributed by atoms with E-state index in [0.717, 1.165) is 6.54 Å². The molecular weight excluding hydrogens is 258 g/mol. The first kappa shape index (κ1) is 16.0. The maximum Gasteiger partial charge on any atom is 0.411 e. The van der Waals surface area contributed by atoms with Crippen molar-refractivity contribution >= 4 is 23.4 Å². The molecule has 1 rings (SSSR count). The summed E-state index contributed by atoms with van der Waals surface area (Å²) < 4.78 is 4.77. The number of ether oxygens (including phenoxy) is 1. The zero-order valence-corrected chi connectivity index (χ0v) is 11.9. The van der Waals surface area contributed by atoms with Gasteiger partial charge in [-0.1, -0.05) is 6.92 Å². The van der Waals surface area contributed by atoms with Gasteiger partial charge in [0.2, 0.25) is 5.91 Å². The lowest BCUT2D eigenvalue weighted by Crippen LogP contribution is -2.21. The zero-order chi connectivity index (χ0) is 14.8. The second-order valence-corrected chi connectivity index (χ2v) is 4.07. The van der Waals surface area contributed by atoms with Gasteiger partial charge in [-0.05, 0) is 37.7 Å². The molecule has 20 heavy (non-hydrogen) atoms. The molecule has 3 N–H and O–H groups in total. The fourth-order valence-corrected chi connectivity index (χ4v) is 1.52. The minimum Gasteiger partial charge on any atom is -0.450 e. The van der Waals surface area contributed by atoms with Gasteiger partial charge in [0.05, 0.1) is 6.61 Å². The number of anilines is 2. The largest absolute Gasteiger partial charge is 0.450 e. The van der Waals surface area contributed by atoms with Crippen LogP contribution in [0.3, 0.4) is 0 Å². The number of amides is 2. The summed E-state index contributed by atoms with van der Waals surface area (Å²) in [6, 6.07) is 6.87. The lowest BCUT2D eigenvalue weighted by Gasteiger charge is -2.08. The van der Waals surface area contributed by atoms with Crippen LogP contribution < -0.4 is 16.0 Å². The molecule has 0 bridgehead atoms. The Balaban J connectivity index is 2.42. The Kier molecular flexibility index (Phi) is 7.13. The highest BCUT2D eigenvalue weighted by atomic mass is 16.5. The highest BCUT2D eigenvalue weighted by molar-refractivity contribution is 5.91. The second-order valence-electron chi connectivity index (χ2n) is 4.07. The fourth-order valence-electron chi connectivity index (χ4n) is 1.52. The molecule has 110 valence electrons. The predicted molar refractivity (Wildman–Crippen MR) is 78.9 cm³/mol. The number of benzene rings is 1. The Bertz CT molecular complexity index is 432. The molecule has 6 heteroatoms. The smallest absolute Gasteiger partial charge is 0.411 e. The van der Waals surface area contributed by atoms with E-state index in [2.05, 4.69) is 16.0 Å². The van der Waals surface area contributed by atoms with Crippen molar-refractivity contribution in [1.29, 1.82) is 0 Å².